The lowest BCUT2D eigenvalue weighted by molar-refractivity contribution is -0.118. The molecule has 4 nitrogen and oxygen atoms in total. The third-order valence-corrected chi connectivity index (χ3v) is 1.89. The molecule has 1 aliphatic carbocycles. The van der Waals surface area contributed by atoms with Crippen molar-refractivity contribution in [3.05, 3.63) is 23.3 Å². The summed E-state index contributed by atoms with van der Waals surface area (Å²) in [6.07, 6.45) is 4.98. The van der Waals surface area contributed by atoms with Crippen LogP contribution < -0.4 is 11.1 Å². The summed E-state index contributed by atoms with van der Waals surface area (Å²) in [5, 5.41) is 2.46. The Kier molecular flexibility index (Phi) is 2.84. The van der Waals surface area contributed by atoms with Crippen molar-refractivity contribution in [2.24, 2.45) is 5.73 Å². The van der Waals surface area contributed by atoms with Gasteiger partial charge in [-0.05, 0) is 12.8 Å². The fraction of sp³-hybridized carbons (Fsp3) is 0.333. The van der Waals surface area contributed by atoms with Crippen LogP contribution in [0.2, 0.25) is 0 Å². The minimum atomic E-state index is -0.547. The maximum absolute atomic E-state index is 11.3. The molecule has 0 saturated heterocycles. The summed E-state index contributed by atoms with van der Waals surface area (Å²) < 4.78 is 0. The molecule has 0 saturated carbocycles. The predicted molar refractivity (Wildman–Crippen MR) is 48.7 cm³/mol. The molecule has 3 N–H and O–H groups in total. The molecule has 0 aliphatic heterocycles. The zero-order chi connectivity index (χ0) is 9.84. The van der Waals surface area contributed by atoms with Gasteiger partial charge >= 0.3 is 0 Å². The van der Waals surface area contributed by atoms with Gasteiger partial charge in [0, 0.05) is 18.2 Å². The lowest BCUT2D eigenvalue weighted by Gasteiger charge is -2.11. The van der Waals surface area contributed by atoms with Crippen molar-refractivity contribution < 1.29 is 9.59 Å². The second kappa shape index (κ2) is 3.89. The van der Waals surface area contributed by atoms with E-state index in [1.807, 2.05) is 0 Å². The van der Waals surface area contributed by atoms with Crippen molar-refractivity contribution in [2.45, 2.75) is 12.8 Å². The average molecular weight is 180 g/mol. The predicted octanol–water partition coefficient (Wildman–Crippen LogP) is -0.136. The fourth-order valence-corrected chi connectivity index (χ4v) is 1.26. The largest absolute Gasteiger partial charge is 0.366 e. The Balaban J connectivity index is 2.94. The summed E-state index contributed by atoms with van der Waals surface area (Å²) in [4.78, 5) is 22.2. The summed E-state index contributed by atoms with van der Waals surface area (Å²) in [7, 11) is 1.52. The van der Waals surface area contributed by atoms with Crippen molar-refractivity contribution >= 4 is 11.8 Å². The average Bonchev–Trinajstić information content (AvgIpc) is 2.16. The van der Waals surface area contributed by atoms with Crippen molar-refractivity contribution in [1.29, 1.82) is 0 Å². The Morgan fingerprint density at radius 2 is 1.85 bits per heavy atom. The van der Waals surface area contributed by atoms with Crippen LogP contribution in [0.15, 0.2) is 23.3 Å². The first-order valence-corrected chi connectivity index (χ1v) is 4.09. The molecule has 0 unspecified atom stereocenters. The summed E-state index contributed by atoms with van der Waals surface area (Å²) in [5.74, 6) is -0.806. The highest BCUT2D eigenvalue weighted by molar-refractivity contribution is 6.10. The van der Waals surface area contributed by atoms with Gasteiger partial charge in [0.25, 0.3) is 5.91 Å². The molecule has 0 aromatic rings. The van der Waals surface area contributed by atoms with E-state index in [0.29, 0.717) is 11.1 Å². The van der Waals surface area contributed by atoms with Gasteiger partial charge in [0.05, 0.1) is 0 Å². The van der Waals surface area contributed by atoms with E-state index in [1.165, 1.54) is 7.05 Å². The third-order valence-electron chi connectivity index (χ3n) is 1.89. The Hall–Kier alpha value is -1.58. The van der Waals surface area contributed by atoms with Crippen LogP contribution in [0.4, 0.5) is 0 Å². The molecule has 0 radical (unpaired) electrons. The van der Waals surface area contributed by atoms with Gasteiger partial charge in [0.2, 0.25) is 5.91 Å². The maximum Gasteiger partial charge on any atom is 0.251 e. The molecule has 70 valence electrons. The van der Waals surface area contributed by atoms with Gasteiger partial charge in [-0.25, -0.2) is 0 Å². The summed E-state index contributed by atoms with van der Waals surface area (Å²) in [6, 6.07) is 0. The number of allylic oxidation sites excluding steroid dienone is 2. The number of carbonyl (C=O) groups excluding carboxylic acids is 2. The zero-order valence-electron chi connectivity index (χ0n) is 7.46. The lowest BCUT2D eigenvalue weighted by atomic mass is 9.97. The Morgan fingerprint density at radius 3 is 2.31 bits per heavy atom. The molecule has 0 atom stereocenters. The molecular formula is C9H12N2O2. The SMILES string of the molecule is CNC(=O)C1=CCCC=C1C(N)=O. The highest BCUT2D eigenvalue weighted by Gasteiger charge is 2.19. The van der Waals surface area contributed by atoms with E-state index in [0.717, 1.165) is 12.8 Å². The zero-order valence-corrected chi connectivity index (χ0v) is 7.46. The van der Waals surface area contributed by atoms with Crippen LogP contribution in [-0.2, 0) is 9.59 Å². The number of primary amides is 1. The molecule has 1 rings (SSSR count). The van der Waals surface area contributed by atoms with Gasteiger partial charge in [-0.1, -0.05) is 12.2 Å². The Bertz CT molecular complexity index is 303. The Labute approximate surface area is 76.5 Å². The second-order valence-electron chi connectivity index (χ2n) is 2.76. The number of hydrogen-bond acceptors (Lipinski definition) is 2. The molecule has 4 heteroatoms. The van der Waals surface area contributed by atoms with Crippen LogP contribution >= 0.6 is 0 Å². The summed E-state index contributed by atoms with van der Waals surface area (Å²) >= 11 is 0. The van der Waals surface area contributed by atoms with E-state index < -0.39 is 5.91 Å². The summed E-state index contributed by atoms with van der Waals surface area (Å²) in [5.41, 5.74) is 5.84. The molecule has 0 fully saturated rings. The number of carbonyl (C=O) groups is 2. The Morgan fingerprint density at radius 1 is 1.31 bits per heavy atom. The quantitative estimate of drug-likeness (QED) is 0.621. The first kappa shape index (κ1) is 9.51. The number of rotatable bonds is 2. The number of nitrogens with one attached hydrogen (secondary N) is 1. The summed E-state index contributed by atoms with van der Waals surface area (Å²) in [6.45, 7) is 0. The maximum atomic E-state index is 11.3. The first-order valence-electron chi connectivity index (χ1n) is 4.09. The lowest BCUT2D eigenvalue weighted by Crippen LogP contribution is -2.27. The van der Waals surface area contributed by atoms with E-state index >= 15 is 0 Å². The topological polar surface area (TPSA) is 72.2 Å². The first-order chi connectivity index (χ1) is 6.16. The van der Waals surface area contributed by atoms with Gasteiger partial charge in [0.1, 0.15) is 0 Å². The number of amides is 2. The number of likely N-dealkylation sites (N-methyl/N-ethyl adjacent to an activating group) is 1. The normalized spacial score (nSPS) is 15.8. The standard InChI is InChI=1S/C9H12N2O2/c1-11-9(13)7-5-3-2-4-6(7)8(10)12/h4-5H,2-3H2,1H3,(H2,10,12)(H,11,13). The molecule has 2 amide bonds. The molecular weight excluding hydrogens is 168 g/mol. The van der Waals surface area contributed by atoms with Crippen molar-refractivity contribution in [3.63, 3.8) is 0 Å². The number of hydrogen-bond donors (Lipinski definition) is 2. The van der Waals surface area contributed by atoms with Gasteiger partial charge < -0.3 is 11.1 Å². The molecule has 0 aromatic heterocycles. The van der Waals surface area contributed by atoms with Crippen molar-refractivity contribution in [1.82, 2.24) is 5.32 Å². The van der Waals surface area contributed by atoms with Gasteiger partial charge in [-0.3, -0.25) is 9.59 Å². The fourth-order valence-electron chi connectivity index (χ4n) is 1.26. The molecule has 13 heavy (non-hydrogen) atoms. The molecule has 0 heterocycles. The third kappa shape index (κ3) is 1.96. The molecule has 0 spiro atoms. The van der Waals surface area contributed by atoms with Crippen LogP contribution in [0.3, 0.4) is 0 Å². The van der Waals surface area contributed by atoms with E-state index in [2.05, 4.69) is 5.32 Å². The minimum Gasteiger partial charge on any atom is -0.366 e. The van der Waals surface area contributed by atoms with Gasteiger partial charge in [0.15, 0.2) is 0 Å². The van der Waals surface area contributed by atoms with Crippen molar-refractivity contribution in [2.75, 3.05) is 7.05 Å². The highest BCUT2D eigenvalue weighted by Crippen LogP contribution is 2.18. The van der Waals surface area contributed by atoms with Crippen LogP contribution in [0, 0.1) is 0 Å². The second-order valence-corrected chi connectivity index (χ2v) is 2.76. The van der Waals surface area contributed by atoms with Gasteiger partial charge in [-0.2, -0.15) is 0 Å². The smallest absolute Gasteiger partial charge is 0.251 e. The van der Waals surface area contributed by atoms with E-state index in [4.69, 9.17) is 5.73 Å². The molecule has 0 aromatic carbocycles. The minimum absolute atomic E-state index is 0.259. The van der Waals surface area contributed by atoms with Crippen LogP contribution in [0.5, 0.6) is 0 Å². The number of nitrogens with two attached hydrogens (primary N) is 1. The van der Waals surface area contributed by atoms with E-state index in [9.17, 15) is 9.59 Å². The van der Waals surface area contributed by atoms with E-state index in [1.54, 1.807) is 12.2 Å². The van der Waals surface area contributed by atoms with Crippen LogP contribution in [0.25, 0.3) is 0 Å². The molecule has 0 bridgehead atoms. The van der Waals surface area contributed by atoms with E-state index in [-0.39, 0.29) is 5.91 Å². The highest BCUT2D eigenvalue weighted by atomic mass is 16.2. The molecule has 1 aliphatic rings. The monoisotopic (exact) mass is 180 g/mol. The van der Waals surface area contributed by atoms with Crippen molar-refractivity contribution in [3.8, 4) is 0 Å². The van der Waals surface area contributed by atoms with Gasteiger partial charge in [-0.15, -0.1) is 0 Å². The van der Waals surface area contributed by atoms with Crippen LogP contribution in [-0.4, -0.2) is 18.9 Å². The van der Waals surface area contributed by atoms with Crippen LogP contribution in [0.1, 0.15) is 12.8 Å².